The molecule has 6 nitrogen and oxygen atoms in total. The fraction of sp³-hybridized carbons (Fsp3) is 0.462. The number of aromatic nitrogens is 2. The van der Waals surface area contributed by atoms with Crippen LogP contribution in [0.2, 0.25) is 5.28 Å². The number of aliphatic hydroxyl groups is 1. The third-order valence-electron chi connectivity index (χ3n) is 2.99. The van der Waals surface area contributed by atoms with Crippen LogP contribution in [0.3, 0.4) is 0 Å². The molecule has 0 saturated carbocycles. The highest BCUT2D eigenvalue weighted by molar-refractivity contribution is 7.20. The molecule has 2 N–H and O–H groups in total. The Hall–Kier alpha value is -1.44. The zero-order valence-electron chi connectivity index (χ0n) is 12.2. The summed E-state index contributed by atoms with van der Waals surface area (Å²) in [6.07, 6.45) is 0. The normalized spacial score (nSPS) is 11.7. The number of nitrogens with zero attached hydrogens (tertiary/aromatic N) is 2. The van der Waals surface area contributed by atoms with Gasteiger partial charge in [0.1, 0.15) is 15.5 Å². The van der Waals surface area contributed by atoms with Crippen LogP contribution in [0.25, 0.3) is 10.2 Å². The molecule has 0 fully saturated rings. The molecule has 2 rings (SSSR count). The van der Waals surface area contributed by atoms with Crippen LogP contribution in [-0.4, -0.2) is 40.3 Å². The van der Waals surface area contributed by atoms with E-state index in [1.807, 2.05) is 13.8 Å². The van der Waals surface area contributed by atoms with Crippen molar-refractivity contribution in [1.82, 2.24) is 9.97 Å². The molecule has 0 aromatic carbocycles. The molecule has 0 unspecified atom stereocenters. The van der Waals surface area contributed by atoms with Crippen molar-refractivity contribution in [2.24, 2.45) is 0 Å². The number of rotatable bonds is 4. The summed E-state index contributed by atoms with van der Waals surface area (Å²) >= 11 is 7.14. The van der Waals surface area contributed by atoms with Gasteiger partial charge in [0.05, 0.1) is 24.6 Å². The van der Waals surface area contributed by atoms with E-state index in [0.29, 0.717) is 20.9 Å². The Kier molecular flexibility index (Phi) is 4.36. The molecule has 21 heavy (non-hydrogen) atoms. The predicted octanol–water partition coefficient (Wildman–Crippen LogP) is 2.62. The van der Waals surface area contributed by atoms with E-state index >= 15 is 0 Å². The van der Waals surface area contributed by atoms with Crippen LogP contribution >= 0.6 is 22.9 Å². The van der Waals surface area contributed by atoms with Gasteiger partial charge >= 0.3 is 5.97 Å². The van der Waals surface area contributed by atoms with Gasteiger partial charge in [-0.15, -0.1) is 11.3 Å². The number of nitrogens with one attached hydrogen (secondary N) is 1. The number of hydrogen-bond acceptors (Lipinski definition) is 7. The minimum atomic E-state index is -0.579. The number of thiophene rings is 1. The second-order valence-electron chi connectivity index (χ2n) is 5.24. The summed E-state index contributed by atoms with van der Waals surface area (Å²) in [6, 6.07) is 0. The standard InChI is InChI=1S/C13H16ClN3O3S/c1-6-7-9(17-13(2,3)5-18)15-12(14)16-10(7)21-8(6)11(19)20-4/h18H,5H2,1-4H3,(H,15,16,17). The average Bonchev–Trinajstić information content (AvgIpc) is 2.74. The molecular weight excluding hydrogens is 314 g/mol. The van der Waals surface area contributed by atoms with E-state index in [2.05, 4.69) is 15.3 Å². The first kappa shape index (κ1) is 15.9. The summed E-state index contributed by atoms with van der Waals surface area (Å²) in [5.74, 6) is 0.0759. The number of fused-ring (bicyclic) bond motifs is 1. The maximum Gasteiger partial charge on any atom is 0.348 e. The number of halogens is 1. The van der Waals surface area contributed by atoms with E-state index in [9.17, 15) is 9.90 Å². The highest BCUT2D eigenvalue weighted by Crippen LogP contribution is 2.35. The fourth-order valence-electron chi connectivity index (χ4n) is 1.85. The molecule has 0 aliphatic heterocycles. The van der Waals surface area contributed by atoms with Gasteiger partial charge in [0, 0.05) is 0 Å². The molecule has 2 heterocycles. The van der Waals surface area contributed by atoms with Crippen molar-refractivity contribution < 1.29 is 14.6 Å². The van der Waals surface area contributed by atoms with Gasteiger partial charge in [-0.25, -0.2) is 14.8 Å². The van der Waals surface area contributed by atoms with Crippen molar-refractivity contribution in [1.29, 1.82) is 0 Å². The Morgan fingerprint density at radius 2 is 2.14 bits per heavy atom. The van der Waals surface area contributed by atoms with Crippen molar-refractivity contribution in [3.8, 4) is 0 Å². The molecule has 0 saturated heterocycles. The lowest BCUT2D eigenvalue weighted by Crippen LogP contribution is -2.35. The number of methoxy groups -OCH3 is 1. The van der Waals surface area contributed by atoms with Crippen LogP contribution in [0.5, 0.6) is 0 Å². The zero-order chi connectivity index (χ0) is 15.8. The summed E-state index contributed by atoms with van der Waals surface area (Å²) in [4.78, 5) is 21.2. The maximum absolute atomic E-state index is 11.8. The van der Waals surface area contributed by atoms with E-state index < -0.39 is 11.5 Å². The summed E-state index contributed by atoms with van der Waals surface area (Å²) in [5.41, 5.74) is 0.152. The molecule has 114 valence electrons. The highest BCUT2D eigenvalue weighted by Gasteiger charge is 2.24. The van der Waals surface area contributed by atoms with Gasteiger partial charge in [-0.3, -0.25) is 0 Å². The molecule has 0 radical (unpaired) electrons. The SMILES string of the molecule is COC(=O)c1sc2nc(Cl)nc(NC(C)(C)CO)c2c1C. The molecule has 8 heteroatoms. The Balaban J connectivity index is 2.65. The molecule has 2 aromatic heterocycles. The monoisotopic (exact) mass is 329 g/mol. The van der Waals surface area contributed by atoms with Gasteiger partial charge in [0.15, 0.2) is 0 Å². The lowest BCUT2D eigenvalue weighted by Gasteiger charge is -2.24. The second kappa shape index (κ2) is 5.75. The zero-order valence-corrected chi connectivity index (χ0v) is 13.7. The van der Waals surface area contributed by atoms with Crippen molar-refractivity contribution >= 4 is 44.9 Å². The third-order valence-corrected chi connectivity index (χ3v) is 4.32. The fourth-order valence-corrected chi connectivity index (χ4v) is 3.17. The van der Waals surface area contributed by atoms with Crippen LogP contribution in [0.4, 0.5) is 5.82 Å². The largest absolute Gasteiger partial charge is 0.465 e. The van der Waals surface area contributed by atoms with Crippen LogP contribution in [-0.2, 0) is 4.74 Å². The van der Waals surface area contributed by atoms with Crippen LogP contribution in [0.1, 0.15) is 29.1 Å². The van der Waals surface area contributed by atoms with Gasteiger partial charge in [-0.05, 0) is 37.9 Å². The lowest BCUT2D eigenvalue weighted by atomic mass is 10.1. The topological polar surface area (TPSA) is 84.3 Å². The summed E-state index contributed by atoms with van der Waals surface area (Å²) in [5, 5.41) is 13.3. The number of aryl methyl sites for hydroxylation is 1. The maximum atomic E-state index is 11.8. The first-order chi connectivity index (χ1) is 9.79. The van der Waals surface area contributed by atoms with Crippen LogP contribution < -0.4 is 5.32 Å². The first-order valence-electron chi connectivity index (χ1n) is 6.23. The molecule has 0 bridgehead atoms. The minimum Gasteiger partial charge on any atom is -0.465 e. The molecular formula is C13H16ClN3O3S. The van der Waals surface area contributed by atoms with Crippen molar-refractivity contribution in [2.45, 2.75) is 26.3 Å². The Bertz CT molecular complexity index is 700. The number of hydrogen-bond donors (Lipinski definition) is 2. The lowest BCUT2D eigenvalue weighted by molar-refractivity contribution is 0.0605. The van der Waals surface area contributed by atoms with Gasteiger partial charge in [0.25, 0.3) is 0 Å². The van der Waals surface area contributed by atoms with Crippen molar-refractivity contribution in [3.05, 3.63) is 15.7 Å². The van der Waals surface area contributed by atoms with E-state index in [1.165, 1.54) is 18.4 Å². The van der Waals surface area contributed by atoms with E-state index in [0.717, 1.165) is 5.56 Å². The highest BCUT2D eigenvalue weighted by atomic mass is 35.5. The number of anilines is 1. The quantitative estimate of drug-likeness (QED) is 0.662. The Morgan fingerprint density at radius 3 is 2.71 bits per heavy atom. The van der Waals surface area contributed by atoms with Crippen molar-refractivity contribution in [3.63, 3.8) is 0 Å². The van der Waals surface area contributed by atoms with E-state index in [-0.39, 0.29) is 11.9 Å². The summed E-state index contributed by atoms with van der Waals surface area (Å²) in [6.45, 7) is 5.39. The third kappa shape index (κ3) is 3.09. The molecule has 2 aromatic rings. The predicted molar refractivity (Wildman–Crippen MR) is 83.3 cm³/mol. The number of esters is 1. The van der Waals surface area contributed by atoms with Gasteiger partial charge in [-0.2, -0.15) is 0 Å². The van der Waals surface area contributed by atoms with Crippen LogP contribution in [0.15, 0.2) is 0 Å². The van der Waals surface area contributed by atoms with Gasteiger partial charge < -0.3 is 15.2 Å². The van der Waals surface area contributed by atoms with Crippen LogP contribution in [0, 0.1) is 6.92 Å². The average molecular weight is 330 g/mol. The number of ether oxygens (including phenoxy) is 1. The van der Waals surface area contributed by atoms with E-state index in [4.69, 9.17) is 16.3 Å². The number of carbonyl (C=O) groups excluding carboxylic acids is 1. The van der Waals surface area contributed by atoms with Gasteiger partial charge in [-0.1, -0.05) is 0 Å². The van der Waals surface area contributed by atoms with Crippen molar-refractivity contribution in [2.75, 3.05) is 19.0 Å². The number of aliphatic hydroxyl groups excluding tert-OH is 1. The second-order valence-corrected chi connectivity index (χ2v) is 6.57. The first-order valence-corrected chi connectivity index (χ1v) is 7.42. The van der Waals surface area contributed by atoms with Gasteiger partial charge in [0.2, 0.25) is 5.28 Å². The molecule has 0 amide bonds. The molecule has 0 atom stereocenters. The summed E-state index contributed by atoms with van der Waals surface area (Å²) in [7, 11) is 1.33. The molecule has 0 aliphatic carbocycles. The van der Waals surface area contributed by atoms with E-state index in [1.54, 1.807) is 6.92 Å². The smallest absolute Gasteiger partial charge is 0.348 e. The minimum absolute atomic E-state index is 0.0800. The Labute approximate surface area is 131 Å². The molecule has 0 spiro atoms. The summed E-state index contributed by atoms with van der Waals surface area (Å²) < 4.78 is 4.77. The molecule has 0 aliphatic rings. The number of carbonyl (C=O) groups is 1. The Morgan fingerprint density at radius 1 is 1.48 bits per heavy atom.